The molecule has 38 heavy (non-hydrogen) atoms. The highest BCUT2D eigenvalue weighted by Gasteiger charge is 2.34. The third-order valence-corrected chi connectivity index (χ3v) is 7.96. The Morgan fingerprint density at radius 3 is 2.47 bits per heavy atom. The van der Waals surface area contributed by atoms with Crippen molar-refractivity contribution in [2.24, 2.45) is 0 Å². The maximum absolute atomic E-state index is 13.2. The van der Waals surface area contributed by atoms with Gasteiger partial charge in [0.1, 0.15) is 6.61 Å². The molecule has 2 aromatic rings. The monoisotopic (exact) mass is 546 g/mol. The second kappa shape index (κ2) is 12.8. The fraction of sp³-hybridized carbons (Fsp3) is 0.500. The highest BCUT2D eigenvalue weighted by molar-refractivity contribution is 7.98. The summed E-state index contributed by atoms with van der Waals surface area (Å²) in [6.07, 6.45) is 1.26. The first kappa shape index (κ1) is 28.1. The second-order valence-corrected chi connectivity index (χ2v) is 10.6. The van der Waals surface area contributed by atoms with Crippen LogP contribution in [0.4, 0.5) is 24.5 Å². The van der Waals surface area contributed by atoms with E-state index in [0.29, 0.717) is 18.8 Å². The summed E-state index contributed by atoms with van der Waals surface area (Å²) in [5.74, 6) is 0.00194. The molecule has 0 aromatic heterocycles. The summed E-state index contributed by atoms with van der Waals surface area (Å²) in [5, 5.41) is 12.1. The summed E-state index contributed by atoms with van der Waals surface area (Å²) in [5.41, 5.74) is 0.220. The number of halogens is 3. The number of thioether (sulfide) groups is 1. The zero-order valence-corrected chi connectivity index (χ0v) is 22.3. The molecule has 0 unspecified atom stereocenters. The van der Waals surface area contributed by atoms with Crippen LogP contribution in [-0.4, -0.2) is 62.0 Å². The van der Waals surface area contributed by atoms with Crippen molar-refractivity contribution in [2.45, 2.75) is 55.3 Å². The Balaban J connectivity index is 1.20. The number of anilines is 2. The van der Waals surface area contributed by atoms with E-state index in [9.17, 15) is 18.0 Å². The fourth-order valence-corrected chi connectivity index (χ4v) is 5.48. The topological polar surface area (TPSA) is 68.6 Å². The summed E-state index contributed by atoms with van der Waals surface area (Å²) >= 11 is 1.72. The van der Waals surface area contributed by atoms with Gasteiger partial charge in [-0.15, -0.1) is 11.8 Å². The van der Waals surface area contributed by atoms with Crippen molar-refractivity contribution in [1.29, 1.82) is 5.26 Å². The van der Waals surface area contributed by atoms with E-state index in [-0.39, 0.29) is 30.2 Å². The average Bonchev–Trinajstić information content (AvgIpc) is 3.18. The smallest absolute Gasteiger partial charge is 0.382 e. The lowest BCUT2D eigenvalue weighted by Crippen LogP contribution is -2.39. The molecular weight excluding hydrogens is 513 g/mol. The zero-order chi connectivity index (χ0) is 27.1. The highest BCUT2D eigenvalue weighted by atomic mass is 32.2. The predicted molar refractivity (Wildman–Crippen MR) is 143 cm³/mol. The van der Waals surface area contributed by atoms with Gasteiger partial charge in [0.05, 0.1) is 23.3 Å². The van der Waals surface area contributed by atoms with Crippen LogP contribution in [0.3, 0.4) is 0 Å². The van der Waals surface area contributed by atoms with Crippen LogP contribution in [0.25, 0.3) is 0 Å². The van der Waals surface area contributed by atoms with Gasteiger partial charge in [0, 0.05) is 48.5 Å². The number of alkyl halides is 3. The minimum absolute atomic E-state index is 0.00194. The summed E-state index contributed by atoms with van der Waals surface area (Å²) < 4.78 is 45.7. The van der Waals surface area contributed by atoms with Gasteiger partial charge in [0.2, 0.25) is 5.91 Å². The van der Waals surface area contributed by atoms with Crippen molar-refractivity contribution in [3.05, 3.63) is 53.6 Å². The SMILES string of the molecule is CSc1ccc(N2CCCN(C(=O)COC3CCC(Nc4ccc(C#N)c(C(F)(F)F)c4)CC3)CC2)cc1. The van der Waals surface area contributed by atoms with E-state index in [2.05, 4.69) is 40.7 Å². The minimum Gasteiger partial charge on any atom is -0.382 e. The third kappa shape index (κ3) is 7.35. The number of rotatable bonds is 7. The van der Waals surface area contributed by atoms with Crippen LogP contribution in [-0.2, 0) is 15.7 Å². The number of ether oxygens (including phenoxy) is 1. The van der Waals surface area contributed by atoms with Gasteiger partial charge >= 0.3 is 6.18 Å². The molecule has 1 aliphatic carbocycles. The highest BCUT2D eigenvalue weighted by Crippen LogP contribution is 2.34. The number of nitrogens with zero attached hydrogens (tertiary/aromatic N) is 3. The number of benzene rings is 2. The molecule has 0 bridgehead atoms. The molecule has 204 valence electrons. The molecule has 2 fully saturated rings. The Labute approximate surface area is 226 Å². The number of amides is 1. The molecule has 2 aromatic carbocycles. The second-order valence-electron chi connectivity index (χ2n) is 9.72. The molecule has 1 aliphatic heterocycles. The van der Waals surface area contributed by atoms with E-state index < -0.39 is 11.7 Å². The quantitative estimate of drug-likeness (QED) is 0.444. The van der Waals surface area contributed by atoms with Crippen molar-refractivity contribution in [3.8, 4) is 6.07 Å². The molecule has 4 rings (SSSR count). The van der Waals surface area contributed by atoms with Crippen molar-refractivity contribution in [1.82, 2.24) is 4.90 Å². The van der Waals surface area contributed by atoms with Gasteiger partial charge in [0.15, 0.2) is 0 Å². The van der Waals surface area contributed by atoms with Crippen molar-refractivity contribution >= 4 is 29.0 Å². The van der Waals surface area contributed by atoms with E-state index in [0.717, 1.165) is 51.3 Å². The molecule has 10 heteroatoms. The van der Waals surface area contributed by atoms with Crippen LogP contribution in [0.1, 0.15) is 43.2 Å². The van der Waals surface area contributed by atoms with Gasteiger partial charge in [-0.1, -0.05) is 0 Å². The normalized spacial score (nSPS) is 20.5. The van der Waals surface area contributed by atoms with Crippen molar-refractivity contribution < 1.29 is 22.7 Å². The fourth-order valence-electron chi connectivity index (χ4n) is 5.07. The molecule has 2 aliphatic rings. The van der Waals surface area contributed by atoms with Gasteiger partial charge < -0.3 is 19.9 Å². The van der Waals surface area contributed by atoms with Gasteiger partial charge in [-0.3, -0.25) is 4.79 Å². The van der Waals surface area contributed by atoms with E-state index in [1.165, 1.54) is 22.7 Å². The van der Waals surface area contributed by atoms with Crippen LogP contribution in [0.15, 0.2) is 47.4 Å². The number of carbonyl (C=O) groups is 1. The molecule has 1 N–H and O–H groups in total. The van der Waals surface area contributed by atoms with Crippen LogP contribution in [0, 0.1) is 11.3 Å². The maximum Gasteiger partial charge on any atom is 0.417 e. The van der Waals surface area contributed by atoms with E-state index in [1.807, 2.05) is 4.90 Å². The zero-order valence-electron chi connectivity index (χ0n) is 21.5. The Bertz CT molecular complexity index is 1130. The lowest BCUT2D eigenvalue weighted by atomic mass is 9.92. The number of hydrogen-bond donors (Lipinski definition) is 1. The largest absolute Gasteiger partial charge is 0.417 e. The van der Waals surface area contributed by atoms with Crippen LogP contribution >= 0.6 is 11.8 Å². The summed E-state index contributed by atoms with van der Waals surface area (Å²) in [6.45, 7) is 3.11. The number of carbonyl (C=O) groups excluding carboxylic acids is 1. The van der Waals surface area contributed by atoms with Crippen LogP contribution in [0.2, 0.25) is 0 Å². The van der Waals surface area contributed by atoms with Crippen LogP contribution in [0.5, 0.6) is 0 Å². The van der Waals surface area contributed by atoms with Gasteiger partial charge in [-0.05, 0) is 80.8 Å². The molecule has 1 heterocycles. The van der Waals surface area contributed by atoms with E-state index >= 15 is 0 Å². The standard InChI is InChI=1S/C28H33F3N4O2S/c1-38-25-11-7-23(8-12-25)34-13-2-14-35(16-15-34)27(36)19-37-24-9-5-21(6-10-24)33-22-4-3-20(18-32)26(17-22)28(29,30)31/h3-4,7-8,11-12,17,21,24,33H,2,5-6,9-10,13-16,19H2,1H3. The molecule has 1 saturated carbocycles. The Hall–Kier alpha value is -2.90. The Morgan fingerprint density at radius 2 is 1.82 bits per heavy atom. The Morgan fingerprint density at radius 1 is 1.08 bits per heavy atom. The summed E-state index contributed by atoms with van der Waals surface area (Å²) in [6, 6.07) is 13.8. The van der Waals surface area contributed by atoms with Crippen molar-refractivity contribution in [3.63, 3.8) is 0 Å². The molecule has 1 amide bonds. The predicted octanol–water partition coefficient (Wildman–Crippen LogP) is 5.78. The van der Waals surface area contributed by atoms with Gasteiger partial charge in [-0.2, -0.15) is 18.4 Å². The number of nitrogens with one attached hydrogen (secondary N) is 1. The summed E-state index contributed by atoms with van der Waals surface area (Å²) in [7, 11) is 0. The summed E-state index contributed by atoms with van der Waals surface area (Å²) in [4.78, 5) is 18.3. The first-order chi connectivity index (χ1) is 18.3. The molecule has 0 radical (unpaired) electrons. The first-order valence-electron chi connectivity index (χ1n) is 12.9. The minimum atomic E-state index is -4.58. The van der Waals surface area contributed by atoms with Crippen LogP contribution < -0.4 is 10.2 Å². The number of nitriles is 1. The Kier molecular flexibility index (Phi) is 9.44. The first-order valence-corrected chi connectivity index (χ1v) is 14.2. The lowest BCUT2D eigenvalue weighted by Gasteiger charge is -2.30. The van der Waals surface area contributed by atoms with Crippen molar-refractivity contribution in [2.75, 3.05) is 49.3 Å². The molecule has 0 spiro atoms. The molecule has 6 nitrogen and oxygen atoms in total. The van der Waals surface area contributed by atoms with Gasteiger partial charge in [-0.25, -0.2) is 0 Å². The molecular formula is C28H33F3N4O2S. The average molecular weight is 547 g/mol. The van der Waals surface area contributed by atoms with E-state index in [4.69, 9.17) is 10.00 Å². The molecule has 1 saturated heterocycles. The third-order valence-electron chi connectivity index (χ3n) is 7.22. The van der Waals surface area contributed by atoms with E-state index in [1.54, 1.807) is 17.8 Å². The lowest BCUT2D eigenvalue weighted by molar-refractivity contribution is -0.139. The van der Waals surface area contributed by atoms with Gasteiger partial charge in [0.25, 0.3) is 0 Å². The maximum atomic E-state index is 13.2. The molecule has 0 atom stereocenters. The number of hydrogen-bond acceptors (Lipinski definition) is 6.